The van der Waals surface area contributed by atoms with E-state index < -0.39 is 0 Å². The first-order valence-electron chi connectivity index (χ1n) is 5.81. The molecule has 1 N–H and O–H groups in total. The fraction of sp³-hybridized carbons (Fsp3) is 1.00. The summed E-state index contributed by atoms with van der Waals surface area (Å²) in [7, 11) is 2.15. The van der Waals surface area contributed by atoms with Crippen LogP contribution in [0.1, 0.15) is 52.4 Å². The maximum Gasteiger partial charge on any atom is 0.0179 e. The van der Waals surface area contributed by atoms with Gasteiger partial charge in [-0.3, -0.25) is 0 Å². The highest BCUT2D eigenvalue weighted by molar-refractivity contribution is 5.04. The van der Waals surface area contributed by atoms with E-state index in [-0.39, 0.29) is 0 Å². The Balaban J connectivity index is 2.11. The van der Waals surface area contributed by atoms with Gasteiger partial charge < -0.3 is 5.32 Å². The van der Waals surface area contributed by atoms with Gasteiger partial charge in [-0.05, 0) is 56.9 Å². The van der Waals surface area contributed by atoms with Crippen LogP contribution in [0, 0.1) is 11.3 Å². The highest BCUT2D eigenvalue weighted by Gasteiger charge is 2.48. The quantitative estimate of drug-likeness (QED) is 0.690. The van der Waals surface area contributed by atoms with E-state index in [1.807, 2.05) is 0 Å². The van der Waals surface area contributed by atoms with Gasteiger partial charge in [0, 0.05) is 5.54 Å². The van der Waals surface area contributed by atoms with Crippen LogP contribution in [0.3, 0.4) is 0 Å². The van der Waals surface area contributed by atoms with E-state index in [2.05, 4.69) is 26.2 Å². The Kier molecular flexibility index (Phi) is 2.18. The molecule has 3 aliphatic carbocycles. The molecule has 1 heteroatoms. The van der Waals surface area contributed by atoms with E-state index in [9.17, 15) is 0 Å². The first-order valence-corrected chi connectivity index (χ1v) is 5.81. The smallest absolute Gasteiger partial charge is 0.0179 e. The Morgan fingerprint density at radius 1 is 0.923 bits per heavy atom. The van der Waals surface area contributed by atoms with Crippen molar-refractivity contribution >= 4 is 0 Å². The van der Waals surface area contributed by atoms with Gasteiger partial charge in [0.25, 0.3) is 0 Å². The summed E-state index contributed by atoms with van der Waals surface area (Å²) in [5.74, 6) is 0.891. The van der Waals surface area contributed by atoms with E-state index >= 15 is 0 Å². The highest BCUT2D eigenvalue weighted by Crippen LogP contribution is 2.55. The summed E-state index contributed by atoms with van der Waals surface area (Å²) in [4.78, 5) is 0. The number of hydrogen-bond donors (Lipinski definition) is 1. The molecule has 3 fully saturated rings. The molecule has 3 saturated carbocycles. The van der Waals surface area contributed by atoms with Gasteiger partial charge in [-0.1, -0.05) is 13.8 Å². The molecule has 0 aromatic carbocycles. The lowest BCUT2D eigenvalue weighted by Gasteiger charge is -2.55. The van der Waals surface area contributed by atoms with Crippen LogP contribution in [0.4, 0.5) is 0 Å². The standard InChI is InChI=1S/C12H23N/c1-10(2)11-4-7-12(13-3,8-5-11)9-6-11/h10,13H,4-9H2,1-3H3. The van der Waals surface area contributed by atoms with Crippen LogP contribution < -0.4 is 5.32 Å². The molecule has 3 rings (SSSR count). The molecule has 0 radical (unpaired) electrons. The number of nitrogens with one attached hydrogen (secondary N) is 1. The lowest BCUT2D eigenvalue weighted by atomic mass is 9.53. The van der Waals surface area contributed by atoms with E-state index in [1.165, 1.54) is 38.5 Å². The molecule has 1 nitrogen and oxygen atoms in total. The second kappa shape index (κ2) is 2.98. The lowest BCUT2D eigenvalue weighted by Crippen LogP contribution is -2.54. The largest absolute Gasteiger partial charge is 0.314 e. The van der Waals surface area contributed by atoms with Crippen molar-refractivity contribution in [3.8, 4) is 0 Å². The molecule has 0 aromatic rings. The monoisotopic (exact) mass is 181 g/mol. The van der Waals surface area contributed by atoms with Crippen molar-refractivity contribution in [1.82, 2.24) is 5.32 Å². The number of fused-ring (bicyclic) bond motifs is 3. The van der Waals surface area contributed by atoms with Crippen molar-refractivity contribution in [2.75, 3.05) is 7.05 Å². The van der Waals surface area contributed by atoms with Crippen LogP contribution in [0.5, 0.6) is 0 Å². The first kappa shape index (κ1) is 9.51. The van der Waals surface area contributed by atoms with Gasteiger partial charge in [0.15, 0.2) is 0 Å². The molecule has 76 valence electrons. The van der Waals surface area contributed by atoms with Crippen LogP contribution in [0.2, 0.25) is 0 Å². The number of rotatable bonds is 2. The molecule has 0 saturated heterocycles. The summed E-state index contributed by atoms with van der Waals surface area (Å²) < 4.78 is 0. The third-order valence-electron chi connectivity index (χ3n) is 5.06. The molecular formula is C12H23N. The van der Waals surface area contributed by atoms with Crippen LogP contribution in [-0.4, -0.2) is 12.6 Å². The summed E-state index contributed by atoms with van der Waals surface area (Å²) in [5, 5.41) is 3.56. The van der Waals surface area contributed by atoms with Crippen molar-refractivity contribution in [3.63, 3.8) is 0 Å². The minimum Gasteiger partial charge on any atom is -0.314 e. The topological polar surface area (TPSA) is 12.0 Å². The van der Waals surface area contributed by atoms with E-state index in [0.717, 1.165) is 11.3 Å². The molecule has 3 aliphatic rings. The third-order valence-corrected chi connectivity index (χ3v) is 5.06. The van der Waals surface area contributed by atoms with Crippen LogP contribution in [-0.2, 0) is 0 Å². The van der Waals surface area contributed by atoms with Crippen molar-refractivity contribution < 1.29 is 0 Å². The first-order chi connectivity index (χ1) is 6.13. The molecular weight excluding hydrogens is 158 g/mol. The Labute approximate surface area is 82.3 Å². The van der Waals surface area contributed by atoms with Crippen molar-refractivity contribution in [3.05, 3.63) is 0 Å². The highest BCUT2D eigenvalue weighted by atomic mass is 15.0. The van der Waals surface area contributed by atoms with Gasteiger partial charge in [-0.15, -0.1) is 0 Å². The van der Waals surface area contributed by atoms with E-state index in [4.69, 9.17) is 0 Å². The molecule has 0 amide bonds. The third kappa shape index (κ3) is 1.32. The summed E-state index contributed by atoms with van der Waals surface area (Å²) in [6, 6.07) is 0. The second-order valence-electron chi connectivity index (χ2n) is 5.55. The van der Waals surface area contributed by atoms with Crippen LogP contribution in [0.15, 0.2) is 0 Å². The molecule has 0 aromatic heterocycles. The van der Waals surface area contributed by atoms with Crippen molar-refractivity contribution in [2.45, 2.75) is 57.9 Å². The summed E-state index contributed by atoms with van der Waals surface area (Å²) in [6.07, 6.45) is 8.65. The molecule has 13 heavy (non-hydrogen) atoms. The average Bonchev–Trinajstić information content (AvgIpc) is 2.20. The maximum atomic E-state index is 3.56. The molecule has 0 unspecified atom stereocenters. The molecule has 2 bridgehead atoms. The van der Waals surface area contributed by atoms with Crippen LogP contribution >= 0.6 is 0 Å². The Bertz CT molecular complexity index is 171. The molecule has 0 spiro atoms. The zero-order valence-corrected chi connectivity index (χ0v) is 9.32. The van der Waals surface area contributed by atoms with Crippen LogP contribution in [0.25, 0.3) is 0 Å². The fourth-order valence-corrected chi connectivity index (χ4v) is 3.46. The van der Waals surface area contributed by atoms with Gasteiger partial charge in [0.2, 0.25) is 0 Å². The second-order valence-corrected chi connectivity index (χ2v) is 5.55. The zero-order valence-electron chi connectivity index (χ0n) is 9.32. The van der Waals surface area contributed by atoms with E-state index in [1.54, 1.807) is 0 Å². The van der Waals surface area contributed by atoms with Gasteiger partial charge >= 0.3 is 0 Å². The van der Waals surface area contributed by atoms with Crippen molar-refractivity contribution in [1.29, 1.82) is 0 Å². The fourth-order valence-electron chi connectivity index (χ4n) is 3.46. The Morgan fingerprint density at radius 3 is 1.69 bits per heavy atom. The summed E-state index contributed by atoms with van der Waals surface area (Å²) in [5.41, 5.74) is 1.26. The lowest BCUT2D eigenvalue weighted by molar-refractivity contribution is -0.00714. The average molecular weight is 181 g/mol. The summed E-state index contributed by atoms with van der Waals surface area (Å²) in [6.45, 7) is 4.83. The van der Waals surface area contributed by atoms with Gasteiger partial charge in [-0.25, -0.2) is 0 Å². The minimum absolute atomic E-state index is 0.538. The Hall–Kier alpha value is -0.0400. The Morgan fingerprint density at radius 2 is 1.38 bits per heavy atom. The molecule has 0 aliphatic heterocycles. The van der Waals surface area contributed by atoms with Gasteiger partial charge in [0.1, 0.15) is 0 Å². The van der Waals surface area contributed by atoms with Crippen molar-refractivity contribution in [2.24, 2.45) is 11.3 Å². The normalized spacial score (nSPS) is 44.3. The van der Waals surface area contributed by atoms with E-state index in [0.29, 0.717) is 5.54 Å². The zero-order chi connectivity index (χ0) is 9.53. The predicted octanol–water partition coefficient (Wildman–Crippen LogP) is 2.95. The maximum absolute atomic E-state index is 3.56. The minimum atomic E-state index is 0.538. The SMILES string of the molecule is CNC12CCC(C(C)C)(CC1)CC2. The number of hydrogen-bond acceptors (Lipinski definition) is 1. The van der Waals surface area contributed by atoms with Gasteiger partial charge in [-0.2, -0.15) is 0 Å². The predicted molar refractivity (Wildman–Crippen MR) is 56.8 cm³/mol. The molecule has 0 heterocycles. The molecule has 0 atom stereocenters. The van der Waals surface area contributed by atoms with Gasteiger partial charge in [0.05, 0.1) is 0 Å². The summed E-state index contributed by atoms with van der Waals surface area (Å²) >= 11 is 0.